The van der Waals surface area contributed by atoms with Gasteiger partial charge in [0.05, 0.1) is 11.2 Å². The fourth-order valence-corrected chi connectivity index (χ4v) is 4.51. The molecule has 0 saturated heterocycles. The fraction of sp³-hybridized carbons (Fsp3) is 0.286. The monoisotopic (exact) mass is 316 g/mol. The van der Waals surface area contributed by atoms with Gasteiger partial charge in [-0.15, -0.1) is 0 Å². The molecule has 0 bridgehead atoms. The van der Waals surface area contributed by atoms with Crippen LogP contribution in [0.3, 0.4) is 0 Å². The Labute approximate surface area is 141 Å². The number of nitrogens with one attached hydrogen (secondary N) is 1. The van der Waals surface area contributed by atoms with Crippen molar-refractivity contribution >= 4 is 23.3 Å². The maximum absolute atomic E-state index is 11.4. The van der Waals surface area contributed by atoms with E-state index in [0.717, 1.165) is 18.5 Å². The van der Waals surface area contributed by atoms with E-state index in [4.69, 9.17) is 0 Å². The summed E-state index contributed by atoms with van der Waals surface area (Å²) in [7, 11) is 0. The molecule has 0 spiro atoms. The van der Waals surface area contributed by atoms with Gasteiger partial charge in [-0.1, -0.05) is 51.1 Å². The predicted molar refractivity (Wildman–Crippen MR) is 97.0 cm³/mol. The smallest absolute Gasteiger partial charge is 0.166 e. The van der Waals surface area contributed by atoms with Crippen molar-refractivity contribution in [3.63, 3.8) is 0 Å². The lowest BCUT2D eigenvalue weighted by atomic mass is 9.76. The number of aldehydes is 1. The molecule has 120 valence electrons. The predicted octanol–water partition coefficient (Wildman–Crippen LogP) is 4.62. The standard InChI is InChI=1S/C21H20N2O/c1-12-7-8-14-15-5-4-6-16-19(15)23(18(14)9-12)20-17(21(16,2)3)10-13(11-24)22-20/h4-8,10-12,22H,9H2,1-3H3. The van der Waals surface area contributed by atoms with Gasteiger partial charge < -0.3 is 4.98 Å². The summed E-state index contributed by atoms with van der Waals surface area (Å²) in [6, 6.07) is 8.62. The van der Waals surface area contributed by atoms with Crippen LogP contribution >= 0.6 is 0 Å². The number of rotatable bonds is 1. The molecule has 1 aliphatic heterocycles. The van der Waals surface area contributed by atoms with Crippen LogP contribution in [0.5, 0.6) is 0 Å². The average molecular weight is 316 g/mol. The van der Waals surface area contributed by atoms with Crippen LogP contribution in [0.1, 0.15) is 53.6 Å². The summed E-state index contributed by atoms with van der Waals surface area (Å²) in [5.74, 6) is 1.59. The topological polar surface area (TPSA) is 37.8 Å². The Morgan fingerprint density at radius 2 is 2.12 bits per heavy atom. The molecule has 3 heteroatoms. The van der Waals surface area contributed by atoms with Gasteiger partial charge in [0.2, 0.25) is 0 Å². The zero-order valence-electron chi connectivity index (χ0n) is 14.2. The van der Waals surface area contributed by atoms with Gasteiger partial charge in [-0.05, 0) is 24.0 Å². The molecule has 1 atom stereocenters. The first-order valence-electron chi connectivity index (χ1n) is 8.56. The molecule has 1 unspecified atom stereocenters. The number of carbonyl (C=O) groups is 1. The Bertz CT molecular complexity index is 1050. The largest absolute Gasteiger partial charge is 0.338 e. The van der Waals surface area contributed by atoms with E-state index in [1.54, 1.807) is 0 Å². The number of H-pyrrole nitrogens is 1. The van der Waals surface area contributed by atoms with Crippen molar-refractivity contribution in [1.29, 1.82) is 0 Å². The molecular formula is C21H20N2O. The SMILES string of the molecule is CC1C=Cc2c(n3c4c(cccc24)C(C)(C)c2cc(C=O)[nH]c2-3)C1. The number of fused-ring (bicyclic) bond motifs is 5. The minimum atomic E-state index is -0.126. The van der Waals surface area contributed by atoms with Crippen molar-refractivity contribution in [3.8, 4) is 5.82 Å². The minimum absolute atomic E-state index is 0.126. The van der Waals surface area contributed by atoms with Crippen molar-refractivity contribution in [2.45, 2.75) is 32.6 Å². The van der Waals surface area contributed by atoms with Crippen LogP contribution in [0.4, 0.5) is 0 Å². The van der Waals surface area contributed by atoms with Gasteiger partial charge in [-0.25, -0.2) is 0 Å². The molecule has 0 radical (unpaired) electrons. The number of aromatic amines is 1. The zero-order chi connectivity index (χ0) is 16.6. The van der Waals surface area contributed by atoms with Crippen LogP contribution in [0.15, 0.2) is 30.3 Å². The van der Waals surface area contributed by atoms with E-state index in [1.807, 2.05) is 6.07 Å². The molecule has 3 nitrogen and oxygen atoms in total. The Balaban J connectivity index is 2.00. The van der Waals surface area contributed by atoms with Crippen molar-refractivity contribution in [3.05, 3.63) is 58.4 Å². The minimum Gasteiger partial charge on any atom is -0.338 e. The van der Waals surface area contributed by atoms with Gasteiger partial charge in [0.15, 0.2) is 6.29 Å². The first-order chi connectivity index (χ1) is 11.5. The summed E-state index contributed by atoms with van der Waals surface area (Å²) < 4.78 is 2.37. The third-order valence-corrected chi connectivity index (χ3v) is 5.75. The molecule has 0 amide bonds. The highest BCUT2D eigenvalue weighted by molar-refractivity contribution is 5.97. The molecule has 2 aromatic heterocycles. The van der Waals surface area contributed by atoms with E-state index in [-0.39, 0.29) is 5.41 Å². The lowest BCUT2D eigenvalue weighted by Crippen LogP contribution is -2.26. The van der Waals surface area contributed by atoms with Crippen LogP contribution in [0, 0.1) is 5.92 Å². The van der Waals surface area contributed by atoms with Crippen LogP contribution in [0.2, 0.25) is 0 Å². The van der Waals surface area contributed by atoms with E-state index in [9.17, 15) is 4.79 Å². The Hall–Kier alpha value is -2.55. The summed E-state index contributed by atoms with van der Waals surface area (Å²) in [5.41, 5.74) is 7.02. The highest BCUT2D eigenvalue weighted by Crippen LogP contribution is 2.47. The summed E-state index contributed by atoms with van der Waals surface area (Å²) in [5, 5.41) is 1.31. The fourth-order valence-electron chi connectivity index (χ4n) is 4.51. The normalized spacial score (nSPS) is 20.0. The van der Waals surface area contributed by atoms with Gasteiger partial charge >= 0.3 is 0 Å². The Kier molecular flexibility index (Phi) is 2.48. The number of carbonyl (C=O) groups excluding carboxylic acids is 1. The van der Waals surface area contributed by atoms with Gasteiger partial charge in [-0.2, -0.15) is 0 Å². The van der Waals surface area contributed by atoms with Crippen molar-refractivity contribution in [2.75, 3.05) is 0 Å². The van der Waals surface area contributed by atoms with E-state index in [2.05, 4.69) is 60.7 Å². The number of allylic oxidation sites excluding steroid dienone is 1. The van der Waals surface area contributed by atoms with E-state index >= 15 is 0 Å². The second-order valence-corrected chi connectivity index (χ2v) is 7.67. The molecular weight excluding hydrogens is 296 g/mol. The molecule has 3 aromatic rings. The quantitative estimate of drug-likeness (QED) is 0.654. The summed E-state index contributed by atoms with van der Waals surface area (Å²) in [6.07, 6.45) is 6.51. The number of nitrogens with zero attached hydrogens (tertiary/aromatic N) is 1. The Morgan fingerprint density at radius 3 is 2.92 bits per heavy atom. The maximum atomic E-state index is 11.4. The first kappa shape index (κ1) is 13.8. The zero-order valence-corrected chi connectivity index (χ0v) is 14.2. The third kappa shape index (κ3) is 1.50. The molecule has 1 N–H and O–H groups in total. The molecule has 5 rings (SSSR count). The summed E-state index contributed by atoms with van der Waals surface area (Å²) in [4.78, 5) is 14.7. The molecule has 0 fully saturated rings. The van der Waals surface area contributed by atoms with Crippen LogP contribution in [-0.4, -0.2) is 15.8 Å². The van der Waals surface area contributed by atoms with E-state index < -0.39 is 0 Å². The van der Waals surface area contributed by atoms with Crippen LogP contribution in [-0.2, 0) is 11.8 Å². The average Bonchev–Trinajstić information content (AvgIpc) is 3.12. The Morgan fingerprint density at radius 1 is 1.29 bits per heavy atom. The van der Waals surface area contributed by atoms with E-state index in [1.165, 1.54) is 33.3 Å². The van der Waals surface area contributed by atoms with Crippen molar-refractivity contribution < 1.29 is 4.79 Å². The van der Waals surface area contributed by atoms with Crippen molar-refractivity contribution in [2.24, 2.45) is 5.92 Å². The number of para-hydroxylation sites is 1. The highest BCUT2D eigenvalue weighted by atomic mass is 16.1. The number of aromatic nitrogens is 2. The van der Waals surface area contributed by atoms with Gasteiger partial charge in [0.1, 0.15) is 5.82 Å². The summed E-state index contributed by atoms with van der Waals surface area (Å²) in [6.45, 7) is 6.75. The summed E-state index contributed by atoms with van der Waals surface area (Å²) >= 11 is 0. The first-order valence-corrected chi connectivity index (χ1v) is 8.56. The van der Waals surface area contributed by atoms with Crippen LogP contribution < -0.4 is 0 Å². The maximum Gasteiger partial charge on any atom is 0.166 e. The van der Waals surface area contributed by atoms with Crippen molar-refractivity contribution in [1.82, 2.24) is 9.55 Å². The van der Waals surface area contributed by atoms with Gasteiger partial charge in [-0.3, -0.25) is 9.36 Å². The number of hydrogen-bond acceptors (Lipinski definition) is 1. The molecule has 2 aliphatic rings. The number of benzene rings is 1. The van der Waals surface area contributed by atoms with Gasteiger partial charge in [0.25, 0.3) is 0 Å². The lowest BCUT2D eigenvalue weighted by molar-refractivity contribution is 0.111. The van der Waals surface area contributed by atoms with E-state index in [0.29, 0.717) is 11.6 Å². The molecule has 1 aliphatic carbocycles. The molecule has 0 saturated carbocycles. The number of hydrogen-bond donors (Lipinski definition) is 1. The van der Waals surface area contributed by atoms with Crippen LogP contribution in [0.25, 0.3) is 22.8 Å². The lowest BCUT2D eigenvalue weighted by Gasteiger charge is -2.32. The second-order valence-electron chi connectivity index (χ2n) is 7.67. The second kappa shape index (κ2) is 4.29. The van der Waals surface area contributed by atoms with Gasteiger partial charge in [0, 0.05) is 27.6 Å². The molecule has 3 heterocycles. The molecule has 1 aromatic carbocycles. The third-order valence-electron chi connectivity index (χ3n) is 5.75. The molecule has 24 heavy (non-hydrogen) atoms. The highest BCUT2D eigenvalue weighted by Gasteiger charge is 2.37.